The average Bonchev–Trinajstić information content (AvgIpc) is 3.00. The minimum absolute atomic E-state index is 0.512. The van der Waals surface area contributed by atoms with Gasteiger partial charge in [0.1, 0.15) is 0 Å². The van der Waals surface area contributed by atoms with Crippen LogP contribution in [0.3, 0.4) is 0 Å². The van der Waals surface area contributed by atoms with Gasteiger partial charge in [-0.05, 0) is 31.4 Å². The molecule has 2 saturated heterocycles. The molecule has 1 atom stereocenters. The van der Waals surface area contributed by atoms with E-state index in [2.05, 4.69) is 21.9 Å². The van der Waals surface area contributed by atoms with Crippen LogP contribution in [0.15, 0.2) is 24.3 Å². The van der Waals surface area contributed by atoms with E-state index in [0.717, 1.165) is 38.5 Å². The van der Waals surface area contributed by atoms with E-state index in [4.69, 9.17) is 10.5 Å². The molecule has 2 aliphatic heterocycles. The number of rotatable bonds is 4. The van der Waals surface area contributed by atoms with E-state index in [0.29, 0.717) is 6.10 Å². The summed E-state index contributed by atoms with van der Waals surface area (Å²) in [4.78, 5) is 4.95. The van der Waals surface area contributed by atoms with E-state index in [9.17, 15) is 0 Å². The normalized spacial score (nSPS) is 24.2. The first-order valence-electron chi connectivity index (χ1n) is 7.76. The first-order valence-corrected chi connectivity index (χ1v) is 7.76. The van der Waals surface area contributed by atoms with Crippen LogP contribution in [-0.2, 0) is 4.74 Å². The van der Waals surface area contributed by atoms with Crippen LogP contribution in [0.1, 0.15) is 19.3 Å². The summed E-state index contributed by atoms with van der Waals surface area (Å²) >= 11 is 0. The Morgan fingerprint density at radius 2 is 1.95 bits per heavy atom. The molecule has 1 aromatic rings. The first kappa shape index (κ1) is 13.7. The van der Waals surface area contributed by atoms with Crippen LogP contribution in [0.4, 0.5) is 11.4 Å². The fourth-order valence-corrected chi connectivity index (χ4v) is 3.19. The van der Waals surface area contributed by atoms with Gasteiger partial charge in [-0.3, -0.25) is 4.90 Å². The second kappa shape index (κ2) is 6.46. The highest BCUT2D eigenvalue weighted by Gasteiger charge is 2.21. The predicted octanol–water partition coefficient (Wildman–Crippen LogP) is 1.96. The van der Waals surface area contributed by atoms with Crippen molar-refractivity contribution in [1.82, 2.24) is 4.90 Å². The zero-order chi connectivity index (χ0) is 13.8. The second-order valence-electron chi connectivity index (χ2n) is 5.81. The van der Waals surface area contributed by atoms with Crippen molar-refractivity contribution < 1.29 is 4.74 Å². The van der Waals surface area contributed by atoms with Crippen LogP contribution >= 0.6 is 0 Å². The Labute approximate surface area is 121 Å². The van der Waals surface area contributed by atoms with Gasteiger partial charge in [0.25, 0.3) is 0 Å². The summed E-state index contributed by atoms with van der Waals surface area (Å²) in [5.41, 5.74) is 8.13. The fourth-order valence-electron chi connectivity index (χ4n) is 3.19. The highest BCUT2D eigenvalue weighted by atomic mass is 16.5. The van der Waals surface area contributed by atoms with Gasteiger partial charge in [-0.2, -0.15) is 0 Å². The molecule has 1 aromatic carbocycles. The minimum atomic E-state index is 0.512. The van der Waals surface area contributed by atoms with Gasteiger partial charge in [0.05, 0.1) is 17.5 Å². The molecule has 0 amide bonds. The monoisotopic (exact) mass is 275 g/mol. The number of hydrogen-bond acceptors (Lipinski definition) is 4. The largest absolute Gasteiger partial charge is 0.397 e. The van der Waals surface area contributed by atoms with Crippen molar-refractivity contribution in [2.45, 2.75) is 25.4 Å². The van der Waals surface area contributed by atoms with E-state index in [1.807, 2.05) is 12.1 Å². The molecule has 1 unspecified atom stereocenters. The summed E-state index contributed by atoms with van der Waals surface area (Å²) in [6, 6.07) is 8.17. The van der Waals surface area contributed by atoms with Crippen LogP contribution in [-0.4, -0.2) is 50.3 Å². The van der Waals surface area contributed by atoms with E-state index >= 15 is 0 Å². The topological polar surface area (TPSA) is 41.7 Å². The smallest absolute Gasteiger partial charge is 0.0600 e. The van der Waals surface area contributed by atoms with Gasteiger partial charge in [0, 0.05) is 39.3 Å². The summed E-state index contributed by atoms with van der Waals surface area (Å²) < 4.78 is 5.70. The van der Waals surface area contributed by atoms with E-state index in [-0.39, 0.29) is 0 Å². The lowest BCUT2D eigenvalue weighted by Gasteiger charge is -2.36. The third kappa shape index (κ3) is 3.25. The Balaban J connectivity index is 1.46. The van der Waals surface area contributed by atoms with Crippen molar-refractivity contribution in [3.8, 4) is 0 Å². The maximum atomic E-state index is 6.06. The third-order valence-corrected chi connectivity index (χ3v) is 4.44. The van der Waals surface area contributed by atoms with Crippen LogP contribution in [0.2, 0.25) is 0 Å². The quantitative estimate of drug-likeness (QED) is 0.853. The average molecular weight is 275 g/mol. The molecular formula is C16H25N3O. The number of nitrogens with zero attached hydrogens (tertiary/aromatic N) is 2. The molecule has 0 radical (unpaired) electrons. The summed E-state index contributed by atoms with van der Waals surface area (Å²) in [5.74, 6) is 0. The summed E-state index contributed by atoms with van der Waals surface area (Å²) in [7, 11) is 0. The lowest BCUT2D eigenvalue weighted by Crippen LogP contribution is -2.47. The summed E-state index contributed by atoms with van der Waals surface area (Å²) in [6.45, 7) is 6.52. The van der Waals surface area contributed by atoms with Gasteiger partial charge in [0.15, 0.2) is 0 Å². The Bertz CT molecular complexity index is 423. The van der Waals surface area contributed by atoms with Crippen molar-refractivity contribution in [1.29, 1.82) is 0 Å². The highest BCUT2D eigenvalue weighted by molar-refractivity contribution is 5.67. The van der Waals surface area contributed by atoms with Gasteiger partial charge >= 0.3 is 0 Å². The number of piperazine rings is 1. The zero-order valence-electron chi connectivity index (χ0n) is 12.1. The van der Waals surface area contributed by atoms with E-state index < -0.39 is 0 Å². The highest BCUT2D eigenvalue weighted by Crippen LogP contribution is 2.24. The van der Waals surface area contributed by atoms with Crippen molar-refractivity contribution in [3.05, 3.63) is 24.3 Å². The number of benzene rings is 1. The van der Waals surface area contributed by atoms with Crippen molar-refractivity contribution in [2.75, 3.05) is 50.0 Å². The van der Waals surface area contributed by atoms with Crippen molar-refractivity contribution in [3.63, 3.8) is 0 Å². The minimum Gasteiger partial charge on any atom is -0.397 e. The molecular weight excluding hydrogens is 250 g/mol. The third-order valence-electron chi connectivity index (χ3n) is 4.44. The molecule has 4 nitrogen and oxygen atoms in total. The molecule has 0 spiro atoms. The molecule has 2 N–H and O–H groups in total. The molecule has 3 rings (SSSR count). The first-order chi connectivity index (χ1) is 9.83. The lowest BCUT2D eigenvalue weighted by molar-refractivity contribution is 0.0911. The molecule has 0 aromatic heterocycles. The standard InChI is InChI=1S/C16H25N3O/c17-15-5-1-2-6-16(15)19-11-9-18(10-12-19)8-7-14-4-3-13-20-14/h1-2,5-6,14H,3-4,7-13,17H2. The zero-order valence-corrected chi connectivity index (χ0v) is 12.1. The van der Waals surface area contributed by atoms with E-state index in [1.54, 1.807) is 0 Å². The molecule has 110 valence electrons. The molecule has 2 heterocycles. The number of ether oxygens (including phenoxy) is 1. The summed E-state index contributed by atoms with van der Waals surface area (Å²) in [5, 5.41) is 0. The van der Waals surface area contributed by atoms with Crippen molar-refractivity contribution in [2.24, 2.45) is 0 Å². The maximum absolute atomic E-state index is 6.06. The van der Waals surface area contributed by atoms with Crippen molar-refractivity contribution >= 4 is 11.4 Å². The van der Waals surface area contributed by atoms with Gasteiger partial charge in [-0.25, -0.2) is 0 Å². The maximum Gasteiger partial charge on any atom is 0.0600 e. The molecule has 20 heavy (non-hydrogen) atoms. The predicted molar refractivity (Wildman–Crippen MR) is 83.1 cm³/mol. The second-order valence-corrected chi connectivity index (χ2v) is 5.81. The van der Waals surface area contributed by atoms with Gasteiger partial charge < -0.3 is 15.4 Å². The van der Waals surface area contributed by atoms with Crippen LogP contribution < -0.4 is 10.6 Å². The molecule has 4 heteroatoms. The Morgan fingerprint density at radius 3 is 2.65 bits per heavy atom. The summed E-state index contributed by atoms with van der Waals surface area (Å²) in [6.07, 6.45) is 4.19. The molecule has 0 saturated carbocycles. The van der Waals surface area contributed by atoms with Crippen LogP contribution in [0, 0.1) is 0 Å². The molecule has 0 aliphatic carbocycles. The Hall–Kier alpha value is -1.26. The molecule has 2 aliphatic rings. The van der Waals surface area contributed by atoms with Crippen LogP contribution in [0.25, 0.3) is 0 Å². The molecule has 2 fully saturated rings. The van der Waals surface area contributed by atoms with Gasteiger partial charge in [0.2, 0.25) is 0 Å². The van der Waals surface area contributed by atoms with Gasteiger partial charge in [-0.15, -0.1) is 0 Å². The SMILES string of the molecule is Nc1ccccc1N1CCN(CCC2CCCO2)CC1. The van der Waals surface area contributed by atoms with Crippen LogP contribution in [0.5, 0.6) is 0 Å². The lowest BCUT2D eigenvalue weighted by atomic mass is 10.1. The molecule has 0 bridgehead atoms. The fraction of sp³-hybridized carbons (Fsp3) is 0.625. The van der Waals surface area contributed by atoms with Gasteiger partial charge in [-0.1, -0.05) is 12.1 Å². The Morgan fingerprint density at radius 1 is 1.15 bits per heavy atom. The number of nitrogens with two attached hydrogens (primary N) is 1. The number of hydrogen-bond donors (Lipinski definition) is 1. The van der Waals surface area contributed by atoms with E-state index in [1.165, 1.54) is 31.5 Å². The Kier molecular flexibility index (Phi) is 4.43. The number of nitrogen functional groups attached to an aromatic ring is 1. The number of para-hydroxylation sites is 2. The number of anilines is 2.